The SMILES string of the molecule is Cc1ccc2cc(C(=O)NCCCCN3CCCC(C)C3)c(C)nc2c1. The molecule has 1 aromatic carbocycles. The Morgan fingerprint density at radius 2 is 2.12 bits per heavy atom. The third kappa shape index (κ3) is 4.82. The van der Waals surface area contributed by atoms with Crippen molar-refractivity contribution in [3.8, 4) is 0 Å². The zero-order chi connectivity index (χ0) is 18.5. The van der Waals surface area contributed by atoms with E-state index >= 15 is 0 Å². The molecule has 140 valence electrons. The van der Waals surface area contributed by atoms with Crippen molar-refractivity contribution in [1.29, 1.82) is 0 Å². The molecule has 26 heavy (non-hydrogen) atoms. The zero-order valence-corrected chi connectivity index (χ0v) is 16.3. The topological polar surface area (TPSA) is 45.2 Å². The second kappa shape index (κ2) is 8.63. The second-order valence-corrected chi connectivity index (χ2v) is 7.83. The van der Waals surface area contributed by atoms with Crippen LogP contribution in [0, 0.1) is 19.8 Å². The summed E-state index contributed by atoms with van der Waals surface area (Å²) >= 11 is 0. The molecule has 3 rings (SSSR count). The first kappa shape index (κ1) is 18.8. The molecular formula is C22H31N3O. The lowest BCUT2D eigenvalue weighted by atomic mass is 10.0. The van der Waals surface area contributed by atoms with Crippen molar-refractivity contribution in [2.45, 2.75) is 46.5 Å². The molecule has 1 atom stereocenters. The quantitative estimate of drug-likeness (QED) is 0.796. The fourth-order valence-corrected chi connectivity index (χ4v) is 3.85. The van der Waals surface area contributed by atoms with E-state index in [4.69, 9.17) is 0 Å². The highest BCUT2D eigenvalue weighted by Crippen LogP contribution is 2.18. The summed E-state index contributed by atoms with van der Waals surface area (Å²) in [5.74, 6) is 0.819. The van der Waals surface area contributed by atoms with Crippen LogP contribution < -0.4 is 5.32 Å². The van der Waals surface area contributed by atoms with Crippen LogP contribution in [0.5, 0.6) is 0 Å². The van der Waals surface area contributed by atoms with E-state index in [0.29, 0.717) is 5.56 Å². The first-order chi connectivity index (χ1) is 12.5. The molecular weight excluding hydrogens is 322 g/mol. The van der Waals surface area contributed by atoms with Gasteiger partial charge in [0, 0.05) is 18.5 Å². The molecule has 0 saturated carbocycles. The van der Waals surface area contributed by atoms with Crippen LogP contribution >= 0.6 is 0 Å². The van der Waals surface area contributed by atoms with Crippen LogP contribution in [0.25, 0.3) is 10.9 Å². The van der Waals surface area contributed by atoms with Crippen LogP contribution in [0.15, 0.2) is 24.3 Å². The summed E-state index contributed by atoms with van der Waals surface area (Å²) in [4.78, 5) is 19.7. The van der Waals surface area contributed by atoms with Gasteiger partial charge in [-0.15, -0.1) is 0 Å². The number of amides is 1. The Balaban J connectivity index is 1.48. The highest BCUT2D eigenvalue weighted by Gasteiger charge is 2.15. The fraction of sp³-hybridized carbons (Fsp3) is 0.545. The number of benzene rings is 1. The van der Waals surface area contributed by atoms with Gasteiger partial charge in [-0.05, 0) is 76.2 Å². The number of nitrogens with one attached hydrogen (secondary N) is 1. The highest BCUT2D eigenvalue weighted by molar-refractivity contribution is 5.98. The Kier molecular flexibility index (Phi) is 6.25. The van der Waals surface area contributed by atoms with Crippen LogP contribution in [-0.4, -0.2) is 42.0 Å². The number of rotatable bonds is 6. The number of hydrogen-bond donors (Lipinski definition) is 1. The maximum atomic E-state index is 12.5. The predicted molar refractivity (Wildman–Crippen MR) is 108 cm³/mol. The molecule has 4 heteroatoms. The van der Waals surface area contributed by atoms with Crippen molar-refractivity contribution >= 4 is 16.8 Å². The minimum atomic E-state index is -0.0101. The van der Waals surface area contributed by atoms with Gasteiger partial charge in [0.2, 0.25) is 0 Å². The van der Waals surface area contributed by atoms with E-state index < -0.39 is 0 Å². The number of unbranched alkanes of at least 4 members (excludes halogenated alkanes) is 1. The van der Waals surface area contributed by atoms with E-state index in [0.717, 1.165) is 48.4 Å². The number of pyridine rings is 1. The number of aryl methyl sites for hydroxylation is 2. The number of likely N-dealkylation sites (tertiary alicyclic amines) is 1. The van der Waals surface area contributed by atoms with Gasteiger partial charge in [0.25, 0.3) is 5.91 Å². The second-order valence-electron chi connectivity index (χ2n) is 7.83. The van der Waals surface area contributed by atoms with Gasteiger partial charge in [-0.25, -0.2) is 0 Å². The third-order valence-corrected chi connectivity index (χ3v) is 5.34. The molecule has 1 amide bonds. The molecule has 0 spiro atoms. The Morgan fingerprint density at radius 1 is 1.27 bits per heavy atom. The van der Waals surface area contributed by atoms with E-state index in [1.165, 1.54) is 31.5 Å². The molecule has 1 unspecified atom stereocenters. The number of fused-ring (bicyclic) bond motifs is 1. The van der Waals surface area contributed by atoms with Crippen LogP contribution in [0.3, 0.4) is 0 Å². The lowest BCUT2D eigenvalue weighted by Crippen LogP contribution is -2.35. The van der Waals surface area contributed by atoms with Gasteiger partial charge in [0.15, 0.2) is 0 Å². The minimum absolute atomic E-state index is 0.0101. The molecule has 1 aliphatic rings. The normalized spacial score (nSPS) is 18.2. The lowest BCUT2D eigenvalue weighted by Gasteiger charge is -2.30. The van der Waals surface area contributed by atoms with Crippen LogP contribution in [0.1, 0.15) is 54.2 Å². The summed E-state index contributed by atoms with van der Waals surface area (Å²) in [5.41, 5.74) is 3.62. The Morgan fingerprint density at radius 3 is 2.92 bits per heavy atom. The summed E-state index contributed by atoms with van der Waals surface area (Å²) in [7, 11) is 0. The maximum Gasteiger partial charge on any atom is 0.253 e. The highest BCUT2D eigenvalue weighted by atomic mass is 16.1. The summed E-state index contributed by atoms with van der Waals surface area (Å²) in [5, 5.41) is 4.08. The van der Waals surface area contributed by atoms with Crippen LogP contribution in [0.4, 0.5) is 0 Å². The fourth-order valence-electron chi connectivity index (χ4n) is 3.85. The van der Waals surface area contributed by atoms with Crippen LogP contribution in [0.2, 0.25) is 0 Å². The standard InChI is InChI=1S/C22H31N3O/c1-16-8-9-19-14-20(18(3)24-21(19)13-16)22(26)23-10-4-5-11-25-12-6-7-17(2)15-25/h8-9,13-14,17H,4-7,10-12,15H2,1-3H3,(H,23,26). The van der Waals surface area contributed by atoms with Gasteiger partial charge in [-0.1, -0.05) is 19.1 Å². The van der Waals surface area contributed by atoms with E-state index in [2.05, 4.69) is 41.2 Å². The molecule has 1 fully saturated rings. The van der Waals surface area contributed by atoms with Crippen molar-refractivity contribution in [2.24, 2.45) is 5.92 Å². The number of carbonyl (C=O) groups is 1. The molecule has 1 N–H and O–H groups in total. The molecule has 4 nitrogen and oxygen atoms in total. The molecule has 0 aliphatic carbocycles. The first-order valence-corrected chi connectivity index (χ1v) is 9.91. The molecule has 0 radical (unpaired) electrons. The summed E-state index contributed by atoms with van der Waals surface area (Å²) in [6.07, 6.45) is 4.86. The lowest BCUT2D eigenvalue weighted by molar-refractivity contribution is 0.0951. The zero-order valence-electron chi connectivity index (χ0n) is 16.3. The average Bonchev–Trinajstić information content (AvgIpc) is 2.60. The Labute approximate surface area is 157 Å². The summed E-state index contributed by atoms with van der Waals surface area (Å²) in [6, 6.07) is 8.11. The molecule has 0 bridgehead atoms. The maximum absolute atomic E-state index is 12.5. The van der Waals surface area contributed by atoms with Crippen molar-refractivity contribution < 1.29 is 4.79 Å². The van der Waals surface area contributed by atoms with E-state index in [1.54, 1.807) is 0 Å². The summed E-state index contributed by atoms with van der Waals surface area (Å²) in [6.45, 7) is 10.7. The molecule has 1 aromatic heterocycles. The van der Waals surface area contributed by atoms with Crippen molar-refractivity contribution in [3.63, 3.8) is 0 Å². The van der Waals surface area contributed by atoms with Crippen molar-refractivity contribution in [1.82, 2.24) is 15.2 Å². The van der Waals surface area contributed by atoms with E-state index in [1.807, 2.05) is 19.1 Å². The molecule has 1 saturated heterocycles. The Bertz CT molecular complexity index is 771. The first-order valence-electron chi connectivity index (χ1n) is 9.91. The number of aromatic nitrogens is 1. The molecule has 2 aromatic rings. The third-order valence-electron chi connectivity index (χ3n) is 5.34. The van der Waals surface area contributed by atoms with Crippen molar-refractivity contribution in [3.05, 3.63) is 41.1 Å². The monoisotopic (exact) mass is 353 g/mol. The van der Waals surface area contributed by atoms with E-state index in [-0.39, 0.29) is 5.91 Å². The van der Waals surface area contributed by atoms with Gasteiger partial charge in [-0.2, -0.15) is 0 Å². The summed E-state index contributed by atoms with van der Waals surface area (Å²) < 4.78 is 0. The van der Waals surface area contributed by atoms with Crippen LogP contribution in [-0.2, 0) is 0 Å². The largest absolute Gasteiger partial charge is 0.352 e. The van der Waals surface area contributed by atoms with Gasteiger partial charge < -0.3 is 10.2 Å². The van der Waals surface area contributed by atoms with Gasteiger partial charge in [0.1, 0.15) is 0 Å². The van der Waals surface area contributed by atoms with Crippen molar-refractivity contribution in [2.75, 3.05) is 26.2 Å². The van der Waals surface area contributed by atoms with Gasteiger partial charge >= 0.3 is 0 Å². The molecule has 1 aliphatic heterocycles. The average molecular weight is 354 g/mol. The molecule has 2 heterocycles. The Hall–Kier alpha value is -1.94. The number of nitrogens with zero attached hydrogens (tertiary/aromatic N) is 2. The van der Waals surface area contributed by atoms with E-state index in [9.17, 15) is 4.79 Å². The smallest absolute Gasteiger partial charge is 0.253 e. The number of piperidine rings is 1. The van der Waals surface area contributed by atoms with Gasteiger partial charge in [-0.3, -0.25) is 9.78 Å². The predicted octanol–water partition coefficient (Wildman–Crippen LogP) is 4.09. The number of carbonyl (C=O) groups excluding carboxylic acids is 1. The van der Waals surface area contributed by atoms with Gasteiger partial charge in [0.05, 0.1) is 16.8 Å². The minimum Gasteiger partial charge on any atom is -0.352 e. The number of hydrogen-bond acceptors (Lipinski definition) is 3.